The molecular weight excluding hydrogens is 360 g/mol. The Morgan fingerprint density at radius 1 is 1.07 bits per heavy atom. The van der Waals surface area contributed by atoms with E-state index in [9.17, 15) is 4.79 Å². The fourth-order valence-corrected chi connectivity index (χ4v) is 2.87. The van der Waals surface area contributed by atoms with Crippen molar-refractivity contribution in [3.05, 3.63) is 82.8 Å². The molecule has 2 aromatic carbocycles. The summed E-state index contributed by atoms with van der Waals surface area (Å²) in [5, 5.41) is 6.68. The molecule has 0 aliphatic carbocycles. The van der Waals surface area contributed by atoms with Gasteiger partial charge >= 0.3 is 0 Å². The largest absolute Gasteiger partial charge is 0.369 e. The van der Waals surface area contributed by atoms with Crippen LogP contribution in [0.1, 0.15) is 28.0 Å². The summed E-state index contributed by atoms with van der Waals surface area (Å²) in [5.41, 5.74) is 3.17. The predicted octanol–water partition coefficient (Wildman–Crippen LogP) is 4.74. The Balaban J connectivity index is 1.49. The van der Waals surface area contributed by atoms with E-state index in [0.717, 1.165) is 24.9 Å². The Kier molecular flexibility index (Phi) is 6.39. The van der Waals surface area contributed by atoms with E-state index >= 15 is 0 Å². The summed E-state index contributed by atoms with van der Waals surface area (Å²) in [6.45, 7) is 2.68. The molecule has 0 bridgehead atoms. The van der Waals surface area contributed by atoms with E-state index in [-0.39, 0.29) is 11.6 Å². The summed E-state index contributed by atoms with van der Waals surface area (Å²) in [6.07, 6.45) is 5.04. The van der Waals surface area contributed by atoms with Crippen LogP contribution < -0.4 is 10.6 Å². The Hall–Kier alpha value is -2.92. The molecule has 3 aromatic rings. The third-order valence-corrected chi connectivity index (χ3v) is 4.35. The van der Waals surface area contributed by atoms with Crippen LogP contribution in [-0.2, 0) is 6.42 Å². The lowest BCUT2D eigenvalue weighted by Crippen LogP contribution is -2.15. The summed E-state index contributed by atoms with van der Waals surface area (Å²) in [7, 11) is 0. The van der Waals surface area contributed by atoms with E-state index < -0.39 is 0 Å². The molecule has 0 spiro atoms. The monoisotopic (exact) mass is 380 g/mol. The zero-order chi connectivity index (χ0) is 19.1. The van der Waals surface area contributed by atoms with Crippen LogP contribution in [0.3, 0.4) is 0 Å². The van der Waals surface area contributed by atoms with Crippen molar-refractivity contribution >= 4 is 29.0 Å². The van der Waals surface area contributed by atoms with Gasteiger partial charge in [0, 0.05) is 17.3 Å². The van der Waals surface area contributed by atoms with Gasteiger partial charge < -0.3 is 10.6 Å². The SMILES string of the molecule is Cc1cc(Cl)ccc1NC(=O)c1cnc(NCCCc2ccccc2)cn1. The first-order valence-corrected chi connectivity index (χ1v) is 9.17. The van der Waals surface area contributed by atoms with Crippen molar-refractivity contribution in [3.8, 4) is 0 Å². The first-order valence-electron chi connectivity index (χ1n) is 8.79. The van der Waals surface area contributed by atoms with Crippen molar-refractivity contribution in [1.82, 2.24) is 9.97 Å². The summed E-state index contributed by atoms with van der Waals surface area (Å²) < 4.78 is 0. The number of hydrogen-bond donors (Lipinski definition) is 2. The van der Waals surface area contributed by atoms with Gasteiger partial charge in [-0.05, 0) is 49.1 Å². The molecule has 27 heavy (non-hydrogen) atoms. The maximum atomic E-state index is 12.3. The number of carbonyl (C=O) groups is 1. The molecule has 0 aliphatic heterocycles. The number of nitrogens with one attached hydrogen (secondary N) is 2. The molecule has 6 heteroatoms. The van der Waals surface area contributed by atoms with E-state index in [1.54, 1.807) is 24.4 Å². The molecule has 0 aliphatic rings. The third-order valence-electron chi connectivity index (χ3n) is 4.11. The van der Waals surface area contributed by atoms with E-state index in [4.69, 9.17) is 11.6 Å². The molecule has 2 N–H and O–H groups in total. The van der Waals surface area contributed by atoms with Crippen molar-refractivity contribution in [2.24, 2.45) is 0 Å². The van der Waals surface area contributed by atoms with Crippen LogP contribution in [0, 0.1) is 6.92 Å². The minimum atomic E-state index is -0.302. The maximum Gasteiger partial charge on any atom is 0.275 e. The first kappa shape index (κ1) is 18.9. The van der Waals surface area contributed by atoms with Gasteiger partial charge in [0.2, 0.25) is 0 Å². The number of aromatic nitrogens is 2. The van der Waals surface area contributed by atoms with Gasteiger partial charge in [-0.3, -0.25) is 4.79 Å². The van der Waals surface area contributed by atoms with Gasteiger partial charge in [0.1, 0.15) is 11.5 Å². The van der Waals surface area contributed by atoms with Gasteiger partial charge in [-0.15, -0.1) is 0 Å². The number of anilines is 2. The van der Waals surface area contributed by atoms with Crippen molar-refractivity contribution < 1.29 is 4.79 Å². The number of halogens is 1. The molecule has 0 saturated carbocycles. The lowest BCUT2D eigenvalue weighted by atomic mass is 10.1. The van der Waals surface area contributed by atoms with Crippen LogP contribution in [-0.4, -0.2) is 22.4 Å². The minimum Gasteiger partial charge on any atom is -0.369 e. The predicted molar refractivity (Wildman–Crippen MR) is 109 cm³/mol. The molecule has 0 saturated heterocycles. The number of hydrogen-bond acceptors (Lipinski definition) is 4. The summed E-state index contributed by atoms with van der Waals surface area (Å²) in [5.74, 6) is 0.353. The van der Waals surface area contributed by atoms with Crippen molar-refractivity contribution in [2.45, 2.75) is 19.8 Å². The minimum absolute atomic E-state index is 0.263. The van der Waals surface area contributed by atoms with Crippen molar-refractivity contribution in [3.63, 3.8) is 0 Å². The van der Waals surface area contributed by atoms with Crippen LogP contribution in [0.15, 0.2) is 60.9 Å². The molecule has 1 aromatic heterocycles. The lowest BCUT2D eigenvalue weighted by Gasteiger charge is -2.09. The fourth-order valence-electron chi connectivity index (χ4n) is 2.64. The Bertz CT molecular complexity index is 898. The number of amides is 1. The van der Waals surface area contributed by atoms with Crippen molar-refractivity contribution in [2.75, 3.05) is 17.2 Å². The zero-order valence-corrected chi connectivity index (χ0v) is 15.8. The Morgan fingerprint density at radius 3 is 2.59 bits per heavy atom. The van der Waals surface area contributed by atoms with Crippen LogP contribution in [0.25, 0.3) is 0 Å². The molecule has 3 rings (SSSR count). The second kappa shape index (κ2) is 9.14. The molecule has 0 atom stereocenters. The Morgan fingerprint density at radius 2 is 1.89 bits per heavy atom. The number of aryl methyl sites for hydroxylation is 2. The molecule has 5 nitrogen and oxygen atoms in total. The standard InChI is InChI=1S/C21H21ClN4O/c1-15-12-17(22)9-10-18(15)26-21(27)19-13-25-20(14-24-19)23-11-5-8-16-6-3-2-4-7-16/h2-4,6-7,9-10,12-14H,5,8,11H2,1H3,(H,23,25)(H,26,27). The molecule has 0 unspecified atom stereocenters. The number of benzene rings is 2. The van der Waals surface area contributed by atoms with Crippen LogP contribution >= 0.6 is 11.6 Å². The highest BCUT2D eigenvalue weighted by molar-refractivity contribution is 6.30. The maximum absolute atomic E-state index is 12.3. The highest BCUT2D eigenvalue weighted by Gasteiger charge is 2.10. The molecule has 1 amide bonds. The average Bonchev–Trinajstić information content (AvgIpc) is 2.69. The quantitative estimate of drug-likeness (QED) is 0.581. The molecule has 1 heterocycles. The van der Waals surface area contributed by atoms with E-state index in [2.05, 4.69) is 32.7 Å². The van der Waals surface area contributed by atoms with Gasteiger partial charge in [0.15, 0.2) is 0 Å². The zero-order valence-electron chi connectivity index (χ0n) is 15.1. The van der Waals surface area contributed by atoms with E-state index in [1.807, 2.05) is 25.1 Å². The first-order chi connectivity index (χ1) is 13.1. The average molecular weight is 381 g/mol. The number of nitrogens with zero attached hydrogens (tertiary/aromatic N) is 2. The normalized spacial score (nSPS) is 10.4. The van der Waals surface area contributed by atoms with E-state index in [1.165, 1.54) is 11.8 Å². The van der Waals surface area contributed by atoms with Crippen LogP contribution in [0.5, 0.6) is 0 Å². The fraction of sp³-hybridized carbons (Fsp3) is 0.190. The summed E-state index contributed by atoms with van der Waals surface area (Å²) >= 11 is 5.93. The molecule has 0 fully saturated rings. The third kappa shape index (κ3) is 5.53. The molecule has 0 radical (unpaired) electrons. The summed E-state index contributed by atoms with van der Waals surface area (Å²) in [4.78, 5) is 20.8. The topological polar surface area (TPSA) is 66.9 Å². The second-order valence-corrected chi connectivity index (χ2v) is 6.65. The lowest BCUT2D eigenvalue weighted by molar-refractivity contribution is 0.102. The van der Waals surface area contributed by atoms with Crippen LogP contribution in [0.4, 0.5) is 11.5 Å². The summed E-state index contributed by atoms with van der Waals surface area (Å²) in [6, 6.07) is 15.6. The highest BCUT2D eigenvalue weighted by Crippen LogP contribution is 2.20. The molecule has 138 valence electrons. The molecular formula is C21H21ClN4O. The van der Waals surface area contributed by atoms with Gasteiger partial charge in [-0.1, -0.05) is 41.9 Å². The number of rotatable bonds is 7. The Labute approximate surface area is 163 Å². The highest BCUT2D eigenvalue weighted by atomic mass is 35.5. The number of carbonyl (C=O) groups excluding carboxylic acids is 1. The van der Waals surface area contributed by atoms with Gasteiger partial charge in [-0.25, -0.2) is 9.97 Å². The second-order valence-electron chi connectivity index (χ2n) is 6.22. The van der Waals surface area contributed by atoms with Gasteiger partial charge in [0.05, 0.1) is 12.4 Å². The van der Waals surface area contributed by atoms with Crippen molar-refractivity contribution in [1.29, 1.82) is 0 Å². The van der Waals surface area contributed by atoms with Gasteiger partial charge in [0.25, 0.3) is 5.91 Å². The smallest absolute Gasteiger partial charge is 0.275 e. The van der Waals surface area contributed by atoms with E-state index in [0.29, 0.717) is 16.5 Å². The van der Waals surface area contributed by atoms with Gasteiger partial charge in [-0.2, -0.15) is 0 Å². The van der Waals surface area contributed by atoms with Crippen LogP contribution in [0.2, 0.25) is 5.02 Å².